The van der Waals surface area contributed by atoms with Crippen LogP contribution in [0.15, 0.2) is 16.9 Å². The van der Waals surface area contributed by atoms with Crippen LogP contribution >= 0.6 is 0 Å². The number of amides is 1. The van der Waals surface area contributed by atoms with Gasteiger partial charge in [-0.1, -0.05) is 19.0 Å². The minimum Gasteiger partial charge on any atom is -0.363 e. The van der Waals surface area contributed by atoms with Gasteiger partial charge in [-0.2, -0.15) is 0 Å². The topological polar surface area (TPSA) is 55.1 Å². The van der Waals surface area contributed by atoms with Gasteiger partial charge in [-0.05, 0) is 0 Å². The van der Waals surface area contributed by atoms with Crippen LogP contribution in [-0.4, -0.2) is 11.1 Å². The summed E-state index contributed by atoms with van der Waals surface area (Å²) in [6, 6.07) is 1.60. The van der Waals surface area contributed by atoms with Crippen molar-refractivity contribution in [3.8, 4) is 0 Å². The van der Waals surface area contributed by atoms with Crippen molar-refractivity contribution in [2.24, 2.45) is 5.92 Å². The molecule has 1 amide bonds. The third kappa shape index (κ3) is 2.07. The Hall–Kier alpha value is -1.32. The molecule has 0 radical (unpaired) electrons. The molecule has 0 aliphatic carbocycles. The molecular formula is C7H12N2O2. The molecule has 62 valence electrons. The first-order chi connectivity index (χ1) is 5.20. The van der Waals surface area contributed by atoms with Gasteiger partial charge in [-0.15, -0.1) is 0 Å². The number of hydrogen-bond donors (Lipinski definition) is 1. The first-order valence-corrected chi connectivity index (χ1v) is 3.41. The molecule has 1 aromatic rings. The lowest BCUT2D eigenvalue weighted by Gasteiger charge is -2.02. The molecule has 0 saturated carbocycles. The number of hydrogen-bond acceptors (Lipinski definition) is 3. The fraction of sp³-hybridized carbons (Fsp3) is 0.429. The Kier molecular flexibility index (Phi) is 2.25. The van der Waals surface area contributed by atoms with Crippen molar-refractivity contribution in [3.05, 3.63) is 12.3 Å². The third-order valence-electron chi connectivity index (χ3n) is 1.21. The lowest BCUT2D eigenvalue weighted by atomic mass is 10.2. The molecule has 0 unspecified atom stereocenters. The molecule has 0 bridgehead atoms. The van der Waals surface area contributed by atoms with Crippen LogP contribution in [0, 0.1) is 5.92 Å². The van der Waals surface area contributed by atoms with Gasteiger partial charge in [0.05, 0.1) is 0 Å². The van der Waals surface area contributed by atoms with E-state index < -0.39 is 0 Å². The van der Waals surface area contributed by atoms with Crippen molar-refractivity contribution in [2.45, 2.75) is 13.8 Å². The number of aromatic nitrogens is 1. The van der Waals surface area contributed by atoms with Crippen molar-refractivity contribution in [2.75, 3.05) is 5.32 Å². The average Bonchev–Trinajstić information content (AvgIpc) is 2.39. The van der Waals surface area contributed by atoms with E-state index in [9.17, 15) is 4.79 Å². The van der Waals surface area contributed by atoms with Gasteiger partial charge in [0, 0.05) is 13.4 Å². The number of anilines is 1. The Morgan fingerprint density at radius 3 is 3.00 bits per heavy atom. The highest BCUT2D eigenvalue weighted by Crippen LogP contribution is 2.03. The summed E-state index contributed by atoms with van der Waals surface area (Å²) in [5, 5.41) is 6.11. The van der Waals surface area contributed by atoms with Gasteiger partial charge in [0.25, 0.3) is 0 Å². The maximum absolute atomic E-state index is 11.0. The minimum atomic E-state index is -0.0566. The second-order valence-electron chi connectivity index (χ2n) is 2.53. The molecule has 4 nitrogen and oxygen atoms in total. The number of rotatable bonds is 2. The normalized spacial score (nSPS) is 10.1. The Balaban J connectivity index is 0.00000121. The van der Waals surface area contributed by atoms with Gasteiger partial charge in [-0.25, -0.2) is 0 Å². The second kappa shape index (κ2) is 3.18. The maximum Gasteiger partial charge on any atom is 0.228 e. The van der Waals surface area contributed by atoms with Crippen molar-refractivity contribution in [3.63, 3.8) is 0 Å². The van der Waals surface area contributed by atoms with Crippen LogP contribution in [0.3, 0.4) is 0 Å². The molecule has 0 aliphatic heterocycles. The fourth-order valence-electron chi connectivity index (χ4n) is 0.548. The highest BCUT2D eigenvalue weighted by Gasteiger charge is 2.07. The lowest BCUT2D eigenvalue weighted by Crippen LogP contribution is -2.17. The molecule has 0 atom stereocenters. The molecule has 1 N–H and O–H groups in total. The number of carbonyl (C=O) groups excluding carboxylic acids is 1. The summed E-state index contributed by atoms with van der Waals surface area (Å²) in [7, 11) is 0. The first kappa shape index (κ1) is 7.78. The van der Waals surface area contributed by atoms with Gasteiger partial charge in [0.2, 0.25) is 5.91 Å². The van der Waals surface area contributed by atoms with Crippen LogP contribution in [0.2, 0.25) is 0 Å². The predicted molar refractivity (Wildman–Crippen MR) is 42.1 cm³/mol. The quantitative estimate of drug-likeness (QED) is 0.706. The first-order valence-electron chi connectivity index (χ1n) is 3.41. The zero-order chi connectivity index (χ0) is 8.27. The Morgan fingerprint density at radius 1 is 1.82 bits per heavy atom. The maximum atomic E-state index is 11.0. The summed E-state index contributed by atoms with van der Waals surface area (Å²) in [5.74, 6) is 0.370. The molecule has 1 aromatic heterocycles. The monoisotopic (exact) mass is 156 g/mol. The average molecular weight is 156 g/mol. The lowest BCUT2D eigenvalue weighted by molar-refractivity contribution is -0.118. The SMILES string of the molecule is CC(C)C(=O)Nc1ccon1.[HH]. The smallest absolute Gasteiger partial charge is 0.228 e. The van der Waals surface area contributed by atoms with E-state index in [0.29, 0.717) is 5.82 Å². The van der Waals surface area contributed by atoms with Crippen molar-refractivity contribution in [1.82, 2.24) is 5.16 Å². The summed E-state index contributed by atoms with van der Waals surface area (Å²) in [4.78, 5) is 11.0. The molecule has 1 heterocycles. The van der Waals surface area contributed by atoms with Gasteiger partial charge in [-0.3, -0.25) is 4.79 Å². The zero-order valence-electron chi connectivity index (χ0n) is 6.50. The van der Waals surface area contributed by atoms with Crippen LogP contribution in [0.25, 0.3) is 0 Å². The van der Waals surface area contributed by atoms with E-state index >= 15 is 0 Å². The van der Waals surface area contributed by atoms with E-state index in [1.807, 2.05) is 13.8 Å². The van der Waals surface area contributed by atoms with E-state index in [1.54, 1.807) is 6.07 Å². The summed E-state index contributed by atoms with van der Waals surface area (Å²) >= 11 is 0. The van der Waals surface area contributed by atoms with Crippen LogP contribution < -0.4 is 5.32 Å². The van der Waals surface area contributed by atoms with E-state index in [0.717, 1.165) is 0 Å². The van der Waals surface area contributed by atoms with E-state index in [-0.39, 0.29) is 13.3 Å². The number of nitrogens with zero attached hydrogens (tertiary/aromatic N) is 1. The summed E-state index contributed by atoms with van der Waals surface area (Å²) in [6.07, 6.45) is 1.41. The Labute approximate surface area is 66.1 Å². The summed E-state index contributed by atoms with van der Waals surface area (Å²) in [6.45, 7) is 3.63. The minimum absolute atomic E-state index is 0. The van der Waals surface area contributed by atoms with Crippen molar-refractivity contribution >= 4 is 11.7 Å². The van der Waals surface area contributed by atoms with Gasteiger partial charge in [0.1, 0.15) is 6.26 Å². The van der Waals surface area contributed by atoms with Crippen LogP contribution in [0.4, 0.5) is 5.82 Å². The number of nitrogens with one attached hydrogen (secondary N) is 1. The molecular weight excluding hydrogens is 144 g/mol. The third-order valence-corrected chi connectivity index (χ3v) is 1.21. The largest absolute Gasteiger partial charge is 0.363 e. The number of carbonyl (C=O) groups is 1. The Morgan fingerprint density at radius 2 is 2.55 bits per heavy atom. The predicted octanol–water partition coefficient (Wildman–Crippen LogP) is 1.52. The second-order valence-corrected chi connectivity index (χ2v) is 2.53. The van der Waals surface area contributed by atoms with Gasteiger partial charge >= 0.3 is 0 Å². The van der Waals surface area contributed by atoms with Gasteiger partial charge in [0.15, 0.2) is 5.82 Å². The molecule has 0 spiro atoms. The fourth-order valence-corrected chi connectivity index (χ4v) is 0.548. The van der Waals surface area contributed by atoms with Crippen LogP contribution in [0.1, 0.15) is 15.3 Å². The molecule has 0 aliphatic rings. The zero-order valence-corrected chi connectivity index (χ0v) is 6.50. The van der Waals surface area contributed by atoms with E-state index in [1.165, 1.54) is 6.26 Å². The van der Waals surface area contributed by atoms with Crippen LogP contribution in [-0.2, 0) is 4.79 Å². The molecule has 4 heteroatoms. The van der Waals surface area contributed by atoms with Gasteiger partial charge < -0.3 is 9.84 Å². The standard InChI is InChI=1S/C7H10N2O2.H2/c1-5(2)7(10)8-6-3-4-11-9-6;/h3-5H,1-2H3,(H,8,9,10);1H. The Bertz CT molecular complexity index is 234. The van der Waals surface area contributed by atoms with E-state index in [2.05, 4.69) is 15.0 Å². The highest BCUT2D eigenvalue weighted by atomic mass is 16.5. The molecule has 0 fully saturated rings. The highest BCUT2D eigenvalue weighted by molar-refractivity contribution is 5.90. The molecule has 0 saturated heterocycles. The van der Waals surface area contributed by atoms with Crippen molar-refractivity contribution in [1.29, 1.82) is 0 Å². The summed E-state index contributed by atoms with van der Waals surface area (Å²) < 4.78 is 4.53. The molecule has 1 rings (SSSR count). The van der Waals surface area contributed by atoms with Crippen molar-refractivity contribution < 1.29 is 10.7 Å². The van der Waals surface area contributed by atoms with E-state index in [4.69, 9.17) is 0 Å². The molecule has 11 heavy (non-hydrogen) atoms. The van der Waals surface area contributed by atoms with Crippen LogP contribution in [0.5, 0.6) is 0 Å². The molecule has 0 aromatic carbocycles. The summed E-state index contributed by atoms with van der Waals surface area (Å²) in [5.41, 5.74) is 0.